The number of unbranched alkanes of at least 4 members (excludes halogenated alkanes) is 1. The Morgan fingerprint density at radius 1 is 1.44 bits per heavy atom. The van der Waals surface area contributed by atoms with E-state index in [1.54, 1.807) is 6.26 Å². The minimum atomic E-state index is 0.316. The maximum atomic E-state index is 9.22. The summed E-state index contributed by atoms with van der Waals surface area (Å²) in [7, 11) is 0. The van der Waals surface area contributed by atoms with Crippen LogP contribution in [0, 0.1) is 0 Å². The second-order valence-corrected chi connectivity index (χ2v) is 4.98. The second-order valence-electron chi connectivity index (χ2n) is 4.98. The third kappa shape index (κ3) is 4.12. The van der Waals surface area contributed by atoms with Gasteiger partial charge in [-0.25, -0.2) is 0 Å². The van der Waals surface area contributed by atoms with Gasteiger partial charge in [-0.2, -0.15) is 0 Å². The molecule has 0 aromatic carbocycles. The third-order valence-electron chi connectivity index (χ3n) is 3.64. The fraction of sp³-hybridized carbons (Fsp3) is 0.714. The van der Waals surface area contributed by atoms with Crippen LogP contribution in [0.4, 0.5) is 0 Å². The Kier molecular flexibility index (Phi) is 5.71. The molecule has 0 saturated carbocycles. The number of nitrogens with one attached hydrogen (secondary N) is 1. The number of nitrogens with zero attached hydrogens (tertiary/aromatic N) is 1. The molecule has 1 aromatic rings. The first-order valence-corrected chi connectivity index (χ1v) is 6.98. The molecule has 0 bridgehead atoms. The normalized spacial score (nSPS) is 20.6. The lowest BCUT2D eigenvalue weighted by molar-refractivity contribution is 0.157. The molecule has 0 amide bonds. The molecule has 1 fully saturated rings. The van der Waals surface area contributed by atoms with Crippen molar-refractivity contribution >= 4 is 0 Å². The van der Waals surface area contributed by atoms with Crippen LogP contribution in [0.3, 0.4) is 0 Å². The molecule has 0 radical (unpaired) electrons. The van der Waals surface area contributed by atoms with E-state index < -0.39 is 0 Å². The molecular weight excluding hydrogens is 228 g/mol. The first-order valence-electron chi connectivity index (χ1n) is 6.98. The van der Waals surface area contributed by atoms with Crippen molar-refractivity contribution in [2.75, 3.05) is 26.2 Å². The Bertz CT molecular complexity index is 314. The van der Waals surface area contributed by atoms with E-state index in [0.29, 0.717) is 12.6 Å². The van der Waals surface area contributed by atoms with Gasteiger partial charge in [0.25, 0.3) is 0 Å². The van der Waals surface area contributed by atoms with Crippen molar-refractivity contribution in [1.29, 1.82) is 0 Å². The molecule has 0 aliphatic carbocycles. The van der Waals surface area contributed by atoms with Gasteiger partial charge in [-0.15, -0.1) is 0 Å². The monoisotopic (exact) mass is 252 g/mol. The molecule has 2 heterocycles. The minimum Gasteiger partial charge on any atom is -0.468 e. The van der Waals surface area contributed by atoms with Crippen molar-refractivity contribution in [2.24, 2.45) is 0 Å². The fourth-order valence-corrected chi connectivity index (χ4v) is 2.59. The lowest BCUT2D eigenvalue weighted by Crippen LogP contribution is -2.33. The maximum absolute atomic E-state index is 9.22. The highest BCUT2D eigenvalue weighted by Gasteiger charge is 2.22. The van der Waals surface area contributed by atoms with E-state index in [2.05, 4.69) is 10.2 Å². The van der Waals surface area contributed by atoms with Crippen LogP contribution in [0.2, 0.25) is 0 Å². The van der Waals surface area contributed by atoms with Gasteiger partial charge in [0, 0.05) is 6.04 Å². The first kappa shape index (κ1) is 13.6. The van der Waals surface area contributed by atoms with Crippen LogP contribution in [0.15, 0.2) is 22.8 Å². The van der Waals surface area contributed by atoms with Crippen molar-refractivity contribution in [2.45, 2.75) is 38.3 Å². The van der Waals surface area contributed by atoms with Crippen LogP contribution in [-0.4, -0.2) is 42.3 Å². The van der Waals surface area contributed by atoms with Gasteiger partial charge in [0.15, 0.2) is 0 Å². The first-order chi connectivity index (χ1) is 8.90. The number of rotatable bonds is 8. The fourth-order valence-electron chi connectivity index (χ4n) is 2.59. The molecule has 4 nitrogen and oxygen atoms in total. The quantitative estimate of drug-likeness (QED) is 0.690. The van der Waals surface area contributed by atoms with E-state index in [9.17, 15) is 5.11 Å². The highest BCUT2D eigenvalue weighted by atomic mass is 16.3. The topological polar surface area (TPSA) is 48.6 Å². The molecule has 1 saturated heterocycles. The summed E-state index contributed by atoms with van der Waals surface area (Å²) in [6, 6.07) is 4.32. The number of aliphatic hydroxyl groups excluding tert-OH is 1. The van der Waals surface area contributed by atoms with Crippen molar-refractivity contribution < 1.29 is 9.52 Å². The van der Waals surface area contributed by atoms with Crippen molar-refractivity contribution in [3.05, 3.63) is 24.2 Å². The molecule has 1 aliphatic rings. The molecule has 2 N–H and O–H groups in total. The highest BCUT2D eigenvalue weighted by Crippen LogP contribution is 2.16. The largest absolute Gasteiger partial charge is 0.468 e. The van der Waals surface area contributed by atoms with Gasteiger partial charge in [0.1, 0.15) is 5.76 Å². The zero-order chi connectivity index (χ0) is 12.6. The van der Waals surface area contributed by atoms with E-state index in [4.69, 9.17) is 4.42 Å². The predicted octanol–water partition coefficient (Wildman–Crippen LogP) is 1.61. The standard InChI is InChI=1S/C14H24N2O2/c17-12-13-5-3-9-16(13)8-2-1-7-15-11-14-6-4-10-18-14/h4,6,10,13,15,17H,1-3,5,7-9,11-12H2. The van der Waals surface area contributed by atoms with Gasteiger partial charge in [0.2, 0.25) is 0 Å². The number of hydrogen-bond acceptors (Lipinski definition) is 4. The van der Waals surface area contributed by atoms with E-state index in [1.807, 2.05) is 12.1 Å². The Labute approximate surface area is 109 Å². The molecule has 102 valence electrons. The lowest BCUT2D eigenvalue weighted by Gasteiger charge is -2.22. The summed E-state index contributed by atoms with van der Waals surface area (Å²) >= 11 is 0. The molecule has 1 unspecified atom stereocenters. The minimum absolute atomic E-state index is 0.316. The van der Waals surface area contributed by atoms with Gasteiger partial charge in [0.05, 0.1) is 19.4 Å². The Balaban J connectivity index is 1.48. The zero-order valence-corrected chi connectivity index (χ0v) is 11.0. The van der Waals surface area contributed by atoms with Gasteiger partial charge in [-0.3, -0.25) is 4.90 Å². The second kappa shape index (κ2) is 7.56. The predicted molar refractivity (Wildman–Crippen MR) is 71.3 cm³/mol. The lowest BCUT2D eigenvalue weighted by atomic mass is 10.2. The van der Waals surface area contributed by atoms with Crippen LogP contribution < -0.4 is 5.32 Å². The number of hydrogen-bond donors (Lipinski definition) is 2. The van der Waals surface area contributed by atoms with Gasteiger partial charge >= 0.3 is 0 Å². The average Bonchev–Trinajstić information content (AvgIpc) is 3.04. The molecule has 0 spiro atoms. The number of furan rings is 1. The van der Waals surface area contributed by atoms with E-state index in [0.717, 1.165) is 38.4 Å². The number of likely N-dealkylation sites (tertiary alicyclic amines) is 1. The van der Waals surface area contributed by atoms with Gasteiger partial charge in [-0.05, 0) is 57.5 Å². The molecule has 4 heteroatoms. The van der Waals surface area contributed by atoms with Crippen molar-refractivity contribution in [3.63, 3.8) is 0 Å². The molecule has 18 heavy (non-hydrogen) atoms. The molecule has 1 atom stereocenters. The average molecular weight is 252 g/mol. The van der Waals surface area contributed by atoms with Crippen LogP contribution in [0.1, 0.15) is 31.4 Å². The Morgan fingerprint density at radius 3 is 3.17 bits per heavy atom. The molecule has 1 aromatic heterocycles. The van der Waals surface area contributed by atoms with Crippen LogP contribution in [0.25, 0.3) is 0 Å². The summed E-state index contributed by atoms with van der Waals surface area (Å²) in [5.74, 6) is 0.995. The van der Waals surface area contributed by atoms with E-state index >= 15 is 0 Å². The SMILES string of the molecule is OCC1CCCN1CCCCNCc1ccco1. The molecular formula is C14H24N2O2. The summed E-state index contributed by atoms with van der Waals surface area (Å²) < 4.78 is 5.25. The van der Waals surface area contributed by atoms with Crippen LogP contribution in [-0.2, 0) is 6.54 Å². The maximum Gasteiger partial charge on any atom is 0.117 e. The van der Waals surface area contributed by atoms with Crippen LogP contribution in [0.5, 0.6) is 0 Å². The molecule has 2 rings (SSSR count). The van der Waals surface area contributed by atoms with Crippen molar-refractivity contribution in [3.8, 4) is 0 Å². The smallest absolute Gasteiger partial charge is 0.117 e. The Hall–Kier alpha value is -0.840. The van der Waals surface area contributed by atoms with Gasteiger partial charge in [-0.1, -0.05) is 0 Å². The number of aliphatic hydroxyl groups is 1. The summed E-state index contributed by atoms with van der Waals surface area (Å²) in [5, 5.41) is 12.6. The Morgan fingerprint density at radius 2 is 2.39 bits per heavy atom. The van der Waals surface area contributed by atoms with Gasteiger partial charge < -0.3 is 14.8 Å². The van der Waals surface area contributed by atoms with Crippen molar-refractivity contribution in [1.82, 2.24) is 10.2 Å². The summed E-state index contributed by atoms with van der Waals surface area (Å²) in [5.41, 5.74) is 0. The van der Waals surface area contributed by atoms with E-state index in [-0.39, 0.29) is 0 Å². The summed E-state index contributed by atoms with van der Waals surface area (Å²) in [6.45, 7) is 4.43. The zero-order valence-electron chi connectivity index (χ0n) is 11.0. The van der Waals surface area contributed by atoms with Crippen LogP contribution >= 0.6 is 0 Å². The third-order valence-corrected chi connectivity index (χ3v) is 3.64. The molecule has 1 aliphatic heterocycles. The summed E-state index contributed by atoms with van der Waals surface area (Å²) in [6.07, 6.45) is 6.48. The summed E-state index contributed by atoms with van der Waals surface area (Å²) in [4.78, 5) is 2.42. The highest BCUT2D eigenvalue weighted by molar-refractivity contribution is 4.97. The van der Waals surface area contributed by atoms with E-state index in [1.165, 1.54) is 19.3 Å².